The van der Waals surface area contributed by atoms with Crippen LogP contribution in [0.3, 0.4) is 0 Å². The molecule has 0 amide bonds. The summed E-state index contributed by atoms with van der Waals surface area (Å²) in [7, 11) is 1.84. The van der Waals surface area contributed by atoms with Crippen molar-refractivity contribution in [2.75, 3.05) is 20.3 Å². The number of aliphatic hydroxyl groups is 1. The fourth-order valence-electron chi connectivity index (χ4n) is 1.31. The zero-order valence-electron chi connectivity index (χ0n) is 12.3. The minimum atomic E-state index is -1.26. The topological polar surface area (TPSA) is 116 Å². The van der Waals surface area contributed by atoms with Gasteiger partial charge >= 0.3 is 11.9 Å². The van der Waals surface area contributed by atoms with Crippen molar-refractivity contribution in [1.29, 1.82) is 0 Å². The zero-order chi connectivity index (χ0) is 16.8. The maximum atomic E-state index is 9.55. The van der Waals surface area contributed by atoms with Crippen LogP contribution in [0.5, 0.6) is 5.75 Å². The molecule has 0 fully saturated rings. The number of carbonyl (C=O) groups is 2. The van der Waals surface area contributed by atoms with Gasteiger partial charge in [0.05, 0.1) is 13.2 Å². The predicted octanol–water partition coefficient (Wildman–Crippen LogP) is 0.748. The summed E-state index contributed by atoms with van der Waals surface area (Å²) in [6.45, 7) is 0.769. The Bertz CT molecular complexity index is 440. The van der Waals surface area contributed by atoms with Crippen LogP contribution in [0.4, 0.5) is 0 Å². The van der Waals surface area contributed by atoms with E-state index in [1.165, 1.54) is 0 Å². The first kappa shape index (κ1) is 19.6. The molecule has 0 aromatic heterocycles. The van der Waals surface area contributed by atoms with Crippen molar-refractivity contribution in [3.63, 3.8) is 0 Å². The summed E-state index contributed by atoms with van der Waals surface area (Å²) >= 11 is 0. The fraction of sp³-hybridized carbons (Fsp3) is 0.333. The molecule has 0 heterocycles. The number of aliphatic carboxylic acids is 2. The van der Waals surface area contributed by atoms with Gasteiger partial charge in [-0.25, -0.2) is 9.59 Å². The van der Waals surface area contributed by atoms with Crippen LogP contribution in [-0.2, 0) is 9.59 Å². The van der Waals surface area contributed by atoms with Gasteiger partial charge in [0.2, 0.25) is 0 Å². The molecule has 1 aromatic carbocycles. The van der Waals surface area contributed by atoms with Crippen LogP contribution >= 0.6 is 0 Å². The highest BCUT2D eigenvalue weighted by atomic mass is 16.5. The van der Waals surface area contributed by atoms with Gasteiger partial charge in [0.1, 0.15) is 5.75 Å². The molecule has 22 heavy (non-hydrogen) atoms. The zero-order valence-corrected chi connectivity index (χ0v) is 12.3. The van der Waals surface area contributed by atoms with E-state index in [1.807, 2.05) is 37.4 Å². The molecule has 0 aliphatic rings. The van der Waals surface area contributed by atoms with E-state index in [1.54, 1.807) is 0 Å². The number of likely N-dealkylation sites (N-methyl/N-ethyl adjacent to an activating group) is 1. The van der Waals surface area contributed by atoms with E-state index >= 15 is 0 Å². The molecule has 1 unspecified atom stereocenters. The van der Waals surface area contributed by atoms with Crippen molar-refractivity contribution in [3.05, 3.63) is 42.5 Å². The van der Waals surface area contributed by atoms with E-state index < -0.39 is 11.9 Å². The molecule has 122 valence electrons. The monoisotopic (exact) mass is 311 g/mol. The smallest absolute Gasteiger partial charge is 0.328 e. The molecular weight excluding hydrogens is 290 g/mol. The molecular formula is C15H21NO6. The summed E-state index contributed by atoms with van der Waals surface area (Å²) in [4.78, 5) is 19.1. The lowest BCUT2D eigenvalue weighted by atomic mass is 10.2. The second-order valence-corrected chi connectivity index (χ2v) is 4.13. The third-order valence-corrected chi connectivity index (χ3v) is 2.48. The predicted molar refractivity (Wildman–Crippen MR) is 80.9 cm³/mol. The van der Waals surface area contributed by atoms with Crippen molar-refractivity contribution >= 4 is 11.9 Å². The number of rotatable bonds is 8. The van der Waals surface area contributed by atoms with Gasteiger partial charge in [0.15, 0.2) is 0 Å². The quantitative estimate of drug-likeness (QED) is 0.523. The van der Waals surface area contributed by atoms with Gasteiger partial charge in [-0.2, -0.15) is 0 Å². The highest BCUT2D eigenvalue weighted by molar-refractivity contribution is 5.89. The van der Waals surface area contributed by atoms with Crippen molar-refractivity contribution in [2.24, 2.45) is 0 Å². The van der Waals surface area contributed by atoms with Crippen LogP contribution in [0.25, 0.3) is 0 Å². The summed E-state index contributed by atoms with van der Waals surface area (Å²) in [6.07, 6.45) is 1.92. The summed E-state index contributed by atoms with van der Waals surface area (Å²) < 4.78 is 5.49. The first-order valence-electron chi connectivity index (χ1n) is 6.59. The molecule has 0 saturated carbocycles. The highest BCUT2D eigenvalue weighted by Crippen LogP contribution is 2.08. The Kier molecular flexibility index (Phi) is 11.0. The van der Waals surface area contributed by atoms with Gasteiger partial charge in [-0.15, -0.1) is 0 Å². The molecule has 0 saturated heterocycles. The van der Waals surface area contributed by atoms with Crippen LogP contribution in [0.2, 0.25) is 0 Å². The van der Waals surface area contributed by atoms with Gasteiger partial charge in [-0.05, 0) is 25.6 Å². The lowest BCUT2D eigenvalue weighted by Crippen LogP contribution is -2.30. The molecule has 0 radical (unpaired) electrons. The van der Waals surface area contributed by atoms with Crippen molar-refractivity contribution in [2.45, 2.75) is 12.5 Å². The second-order valence-electron chi connectivity index (χ2n) is 4.13. The van der Waals surface area contributed by atoms with Crippen LogP contribution in [-0.4, -0.2) is 53.6 Å². The Morgan fingerprint density at radius 2 is 1.73 bits per heavy atom. The van der Waals surface area contributed by atoms with Crippen LogP contribution in [0, 0.1) is 0 Å². The van der Waals surface area contributed by atoms with Gasteiger partial charge in [0.25, 0.3) is 0 Å². The number of carboxylic acids is 2. The first-order valence-corrected chi connectivity index (χ1v) is 6.59. The number of ether oxygens (including phenoxy) is 1. The summed E-state index contributed by atoms with van der Waals surface area (Å²) in [5.74, 6) is -1.64. The Hall–Kier alpha value is -2.38. The van der Waals surface area contributed by atoms with E-state index in [-0.39, 0.29) is 12.6 Å². The minimum absolute atomic E-state index is 0.124. The number of hydrogen-bond donors (Lipinski definition) is 4. The van der Waals surface area contributed by atoms with Crippen molar-refractivity contribution < 1.29 is 29.6 Å². The van der Waals surface area contributed by atoms with Gasteiger partial charge in [0, 0.05) is 18.2 Å². The number of nitrogens with one attached hydrogen (secondary N) is 1. The molecule has 7 heteroatoms. The fourth-order valence-corrected chi connectivity index (χ4v) is 1.31. The average molecular weight is 311 g/mol. The lowest BCUT2D eigenvalue weighted by Gasteiger charge is -2.13. The third kappa shape index (κ3) is 11.4. The number of aliphatic hydroxyl groups excluding tert-OH is 1. The number of para-hydroxylation sites is 1. The number of benzene rings is 1. The van der Waals surface area contributed by atoms with Crippen molar-refractivity contribution in [3.8, 4) is 5.75 Å². The number of carboxylic acid groups (broad SMARTS) is 2. The normalized spacial score (nSPS) is 11.4. The van der Waals surface area contributed by atoms with Gasteiger partial charge in [-0.1, -0.05) is 18.2 Å². The van der Waals surface area contributed by atoms with E-state index in [9.17, 15) is 9.59 Å². The molecule has 0 aliphatic carbocycles. The summed E-state index contributed by atoms with van der Waals surface area (Å²) in [5.41, 5.74) is 0. The Balaban J connectivity index is 0.000000472. The Labute approximate surface area is 128 Å². The van der Waals surface area contributed by atoms with E-state index in [0.29, 0.717) is 18.8 Å². The second kappa shape index (κ2) is 12.4. The van der Waals surface area contributed by atoms with Gasteiger partial charge in [-0.3, -0.25) is 0 Å². The van der Waals surface area contributed by atoms with Crippen LogP contribution in [0.1, 0.15) is 6.42 Å². The molecule has 0 spiro atoms. The molecule has 0 aliphatic heterocycles. The lowest BCUT2D eigenvalue weighted by molar-refractivity contribution is -0.134. The summed E-state index contributed by atoms with van der Waals surface area (Å²) in [6, 6.07) is 9.81. The van der Waals surface area contributed by atoms with Crippen LogP contribution < -0.4 is 10.1 Å². The number of hydrogen-bond acceptors (Lipinski definition) is 5. The van der Waals surface area contributed by atoms with E-state index in [2.05, 4.69) is 5.32 Å². The molecule has 4 N–H and O–H groups in total. The highest BCUT2D eigenvalue weighted by Gasteiger charge is 2.03. The van der Waals surface area contributed by atoms with Gasteiger partial charge < -0.3 is 25.4 Å². The Morgan fingerprint density at radius 1 is 1.18 bits per heavy atom. The molecule has 1 atom stereocenters. The first-order chi connectivity index (χ1) is 10.5. The third-order valence-electron chi connectivity index (χ3n) is 2.48. The largest absolute Gasteiger partial charge is 0.494 e. The maximum absolute atomic E-state index is 9.55. The average Bonchev–Trinajstić information content (AvgIpc) is 2.51. The van der Waals surface area contributed by atoms with Crippen molar-refractivity contribution in [1.82, 2.24) is 5.32 Å². The summed E-state index contributed by atoms with van der Waals surface area (Å²) in [5, 5.41) is 27.5. The molecule has 1 aromatic rings. The SMILES string of the molecule is CNC(CO)CCOc1ccccc1.O=C(O)/C=C\C(=O)O. The molecule has 1 rings (SSSR count). The van der Waals surface area contributed by atoms with Crippen LogP contribution in [0.15, 0.2) is 42.5 Å². The van der Waals surface area contributed by atoms with E-state index in [0.717, 1.165) is 12.2 Å². The standard InChI is InChI=1S/C11H17NO2.C4H4O4/c1-12-10(9-13)7-8-14-11-5-3-2-4-6-11;5-3(6)1-2-4(7)8/h2-6,10,12-13H,7-9H2,1H3;1-2H,(H,5,6)(H,7,8)/b;2-1-. The minimum Gasteiger partial charge on any atom is -0.494 e. The maximum Gasteiger partial charge on any atom is 0.328 e. The van der Waals surface area contributed by atoms with E-state index in [4.69, 9.17) is 20.1 Å². The Morgan fingerprint density at radius 3 is 2.14 bits per heavy atom. The molecule has 7 nitrogen and oxygen atoms in total. The molecule has 0 bridgehead atoms.